The van der Waals surface area contributed by atoms with E-state index in [0.717, 1.165) is 28.4 Å². The molecular weight excluding hydrogens is 664 g/mol. The Kier molecular flexibility index (Phi) is 9.39. The van der Waals surface area contributed by atoms with Gasteiger partial charge in [0.1, 0.15) is 24.5 Å². The largest absolute Gasteiger partial charge is 0.494 e. The number of methoxy groups -OCH3 is 4. The van der Waals surface area contributed by atoms with Crippen LogP contribution in [0.5, 0.6) is 5.75 Å². The molecule has 0 atom stereocenters. The fourth-order valence-electron chi connectivity index (χ4n) is 5.04. The molecule has 0 saturated carbocycles. The van der Waals surface area contributed by atoms with Crippen LogP contribution in [0.15, 0.2) is 43.4 Å². The van der Waals surface area contributed by atoms with Gasteiger partial charge in [-0.2, -0.15) is 13.2 Å². The average molecular weight is 690 g/mol. The number of fused-ring (bicyclic) bond motifs is 3. The molecule has 1 aromatic carbocycles. The number of anilines is 1. The Morgan fingerprint density at radius 3 is 1.80 bits per heavy atom. The molecule has 4 rings (SSSR count). The van der Waals surface area contributed by atoms with Crippen molar-refractivity contribution in [3.8, 4) is 5.75 Å². The lowest BCUT2D eigenvalue weighted by molar-refractivity contribution is -0.171. The fraction of sp³-hybridized carbons (Fsp3) is 0.393. The van der Waals surface area contributed by atoms with Crippen LogP contribution in [-0.4, -0.2) is 80.6 Å². The molecule has 1 aromatic rings. The van der Waals surface area contributed by atoms with E-state index in [1.165, 1.54) is 32.0 Å². The predicted molar refractivity (Wildman–Crippen MR) is 160 cm³/mol. The summed E-state index contributed by atoms with van der Waals surface area (Å²) >= 11 is 1.92. The number of ether oxygens (including phenoxy) is 5. The van der Waals surface area contributed by atoms with Gasteiger partial charge in [-0.1, -0.05) is 35.3 Å². The molecule has 0 aliphatic carbocycles. The van der Waals surface area contributed by atoms with Crippen LogP contribution < -0.4 is 9.64 Å². The van der Waals surface area contributed by atoms with Crippen LogP contribution in [0.1, 0.15) is 26.3 Å². The molecule has 0 unspecified atom stereocenters. The van der Waals surface area contributed by atoms with Crippen LogP contribution in [0.25, 0.3) is 5.57 Å². The number of amides is 1. The van der Waals surface area contributed by atoms with Crippen molar-refractivity contribution in [3.05, 3.63) is 49.0 Å². The lowest BCUT2D eigenvalue weighted by Gasteiger charge is -2.50. The van der Waals surface area contributed by atoms with Gasteiger partial charge < -0.3 is 23.7 Å². The van der Waals surface area contributed by atoms with Crippen LogP contribution in [0.2, 0.25) is 0 Å². The predicted octanol–water partition coefficient (Wildman–Crippen LogP) is 4.56. The van der Waals surface area contributed by atoms with Crippen molar-refractivity contribution in [3.63, 3.8) is 0 Å². The van der Waals surface area contributed by atoms with Crippen molar-refractivity contribution in [1.82, 2.24) is 0 Å². The molecule has 1 amide bonds. The Balaban J connectivity index is 2.21. The maximum Gasteiger partial charge on any atom is 0.471 e. The number of esters is 4. The number of hydrogen-bond donors (Lipinski definition) is 0. The van der Waals surface area contributed by atoms with Crippen molar-refractivity contribution in [2.75, 3.05) is 39.9 Å². The molecule has 45 heavy (non-hydrogen) atoms. The second kappa shape index (κ2) is 12.3. The van der Waals surface area contributed by atoms with E-state index in [4.69, 9.17) is 23.7 Å². The summed E-state index contributed by atoms with van der Waals surface area (Å²) in [6.45, 7) is 4.53. The first-order chi connectivity index (χ1) is 21.0. The molecule has 1 spiro atoms. The van der Waals surface area contributed by atoms with E-state index in [1.54, 1.807) is 6.92 Å². The summed E-state index contributed by atoms with van der Waals surface area (Å²) in [6, 6.07) is 4.04. The minimum Gasteiger partial charge on any atom is -0.494 e. The molecule has 3 aliphatic heterocycles. The zero-order valence-electron chi connectivity index (χ0n) is 24.8. The van der Waals surface area contributed by atoms with Crippen LogP contribution in [0, 0.1) is 0 Å². The smallest absolute Gasteiger partial charge is 0.471 e. The summed E-state index contributed by atoms with van der Waals surface area (Å²) in [5, 5.41) is 0. The van der Waals surface area contributed by atoms with E-state index < -0.39 is 50.5 Å². The van der Waals surface area contributed by atoms with Crippen LogP contribution >= 0.6 is 35.3 Å². The number of carbonyl (C=O) groups excluding carboxylic acids is 5. The van der Waals surface area contributed by atoms with Gasteiger partial charge in [0.05, 0.1) is 51.8 Å². The van der Waals surface area contributed by atoms with Gasteiger partial charge in [0.25, 0.3) is 0 Å². The molecule has 0 fully saturated rings. The van der Waals surface area contributed by atoms with E-state index in [9.17, 15) is 37.1 Å². The summed E-state index contributed by atoms with van der Waals surface area (Å²) in [5.74, 6) is -6.08. The molecule has 0 aromatic heterocycles. The monoisotopic (exact) mass is 689 g/mol. The molecule has 0 N–H and O–H groups in total. The molecule has 0 bridgehead atoms. The molecule has 3 heterocycles. The van der Waals surface area contributed by atoms with Crippen molar-refractivity contribution >= 4 is 76.3 Å². The average Bonchev–Trinajstić information content (AvgIpc) is 3.39. The van der Waals surface area contributed by atoms with E-state index in [2.05, 4.69) is 0 Å². The highest BCUT2D eigenvalue weighted by atomic mass is 32.2. The van der Waals surface area contributed by atoms with Gasteiger partial charge in [-0.15, -0.1) is 0 Å². The SMILES string of the molecule is CCOc1ccc2c(c1)C1=C(SC(C(=O)OC)=C(C(=O)OC)C13SC(C(=O)OC)=C(C(=O)OC)S3)C(C)(C)N2C(=O)C(F)(F)F. The second-order valence-electron chi connectivity index (χ2n) is 9.76. The third kappa shape index (κ3) is 5.48. The number of rotatable bonds is 6. The second-order valence-corrected chi connectivity index (χ2v) is 13.5. The van der Waals surface area contributed by atoms with Gasteiger partial charge in [0, 0.05) is 16.0 Å². The van der Waals surface area contributed by atoms with Gasteiger partial charge >= 0.3 is 36.0 Å². The van der Waals surface area contributed by atoms with E-state index in [-0.39, 0.29) is 49.5 Å². The summed E-state index contributed by atoms with van der Waals surface area (Å²) in [4.78, 5) is 65.7. The van der Waals surface area contributed by atoms with Crippen LogP contribution in [0.3, 0.4) is 0 Å². The Morgan fingerprint density at radius 1 is 0.822 bits per heavy atom. The van der Waals surface area contributed by atoms with Gasteiger partial charge in [-0.3, -0.25) is 9.69 Å². The van der Waals surface area contributed by atoms with Crippen molar-refractivity contribution < 1.29 is 60.8 Å². The van der Waals surface area contributed by atoms with Crippen molar-refractivity contribution in [2.24, 2.45) is 0 Å². The van der Waals surface area contributed by atoms with Crippen LogP contribution in [-0.2, 0) is 42.9 Å². The molecule has 0 radical (unpaired) electrons. The number of hydrogen-bond acceptors (Lipinski definition) is 13. The lowest BCUT2D eigenvalue weighted by atomic mass is 9.83. The number of nitrogens with zero attached hydrogens (tertiary/aromatic N) is 1. The van der Waals surface area contributed by atoms with Gasteiger partial charge in [0.15, 0.2) is 0 Å². The van der Waals surface area contributed by atoms with E-state index in [0.29, 0.717) is 40.2 Å². The Hall–Kier alpha value is -3.57. The number of thioether (sulfide) groups is 3. The number of carbonyl (C=O) groups is 5. The highest BCUT2D eigenvalue weighted by molar-refractivity contribution is 8.26. The standard InChI is InChI=1S/C28H26F3NO10S3/c1-8-42-12-9-10-14-13(11-12)15-20(26(2,3)32(14)25(37)28(29,30)31)43-17(22(34)39-5)16(21(33)38-4)27(15)44-18(23(35)40-6)19(45-27)24(36)41-7/h9-11H,8H2,1-7H3. The summed E-state index contributed by atoms with van der Waals surface area (Å²) in [5.41, 5.74) is -2.29. The molecule has 3 aliphatic rings. The number of alkyl halides is 3. The first kappa shape index (κ1) is 34.3. The Morgan fingerprint density at radius 2 is 1.33 bits per heavy atom. The third-order valence-corrected chi connectivity index (χ3v) is 11.5. The maximum absolute atomic E-state index is 14.1. The number of halogens is 3. The molecule has 11 nitrogen and oxygen atoms in total. The van der Waals surface area contributed by atoms with Gasteiger partial charge in [-0.25, -0.2) is 19.2 Å². The lowest BCUT2D eigenvalue weighted by Crippen LogP contribution is -2.57. The van der Waals surface area contributed by atoms with Crippen molar-refractivity contribution in [2.45, 2.75) is 36.6 Å². The maximum atomic E-state index is 14.1. The van der Waals surface area contributed by atoms with Crippen molar-refractivity contribution in [1.29, 1.82) is 0 Å². The highest BCUT2D eigenvalue weighted by Gasteiger charge is 2.63. The number of benzene rings is 1. The minimum absolute atomic E-state index is 0.000950. The fourth-order valence-corrected chi connectivity index (χ4v) is 10.1. The highest BCUT2D eigenvalue weighted by Crippen LogP contribution is 2.71. The summed E-state index contributed by atoms with van der Waals surface area (Å²) in [6.07, 6.45) is -5.31. The first-order valence-electron chi connectivity index (χ1n) is 12.9. The van der Waals surface area contributed by atoms with E-state index in [1.807, 2.05) is 0 Å². The molecule has 0 saturated heterocycles. The summed E-state index contributed by atoms with van der Waals surface area (Å²) in [7, 11) is 4.20. The molecular formula is C28H26F3NO10S3. The van der Waals surface area contributed by atoms with Gasteiger partial charge in [-0.05, 0) is 39.0 Å². The minimum atomic E-state index is -5.31. The quantitative estimate of drug-likeness (QED) is 0.305. The van der Waals surface area contributed by atoms with Crippen LogP contribution in [0.4, 0.5) is 18.9 Å². The van der Waals surface area contributed by atoms with Gasteiger partial charge in [0.2, 0.25) is 0 Å². The normalized spacial score (nSPS) is 18.3. The zero-order valence-corrected chi connectivity index (χ0v) is 27.3. The van der Waals surface area contributed by atoms with E-state index >= 15 is 0 Å². The topological polar surface area (TPSA) is 135 Å². The molecule has 242 valence electrons. The summed E-state index contributed by atoms with van der Waals surface area (Å²) < 4.78 is 65.9. The first-order valence-corrected chi connectivity index (χ1v) is 15.3. The zero-order chi connectivity index (χ0) is 33.6. The Bertz CT molecular complexity index is 1580. The Labute approximate surface area is 267 Å². The third-order valence-electron chi connectivity index (χ3n) is 6.87. The molecule has 17 heteroatoms.